The first-order valence-corrected chi connectivity index (χ1v) is 11.5. The molecule has 0 spiro atoms. The molecule has 1 fully saturated rings. The first-order valence-electron chi connectivity index (χ1n) is 11.5. The molecule has 0 saturated carbocycles. The number of aromatic nitrogens is 2. The Morgan fingerprint density at radius 3 is 2.33 bits per heavy atom. The summed E-state index contributed by atoms with van der Waals surface area (Å²) in [4.78, 5) is 44.9. The fourth-order valence-corrected chi connectivity index (χ4v) is 4.43. The number of hydrogen-bond acceptors (Lipinski definition) is 6. The highest BCUT2D eigenvalue weighted by molar-refractivity contribution is 6.09. The molecule has 0 bridgehead atoms. The molecule has 188 valence electrons. The lowest BCUT2D eigenvalue weighted by atomic mass is 9.87. The average Bonchev–Trinajstić information content (AvgIpc) is 3.43. The van der Waals surface area contributed by atoms with Gasteiger partial charge in [0.1, 0.15) is 35.4 Å². The molecule has 10 nitrogen and oxygen atoms in total. The molecular weight excluding hydrogens is 462 g/mol. The van der Waals surface area contributed by atoms with Crippen molar-refractivity contribution in [1.29, 1.82) is 0 Å². The van der Waals surface area contributed by atoms with Gasteiger partial charge in [0.2, 0.25) is 5.91 Å². The first-order chi connectivity index (χ1) is 17.3. The molecule has 2 atom stereocenters. The van der Waals surface area contributed by atoms with E-state index in [1.54, 1.807) is 59.4 Å². The van der Waals surface area contributed by atoms with Crippen LogP contribution >= 0.6 is 0 Å². The maximum absolute atomic E-state index is 13.4. The van der Waals surface area contributed by atoms with Gasteiger partial charge in [0.05, 0.1) is 14.2 Å². The lowest BCUT2D eigenvalue weighted by molar-refractivity contribution is -0.135. The Hall–Kier alpha value is -4.34. The van der Waals surface area contributed by atoms with E-state index in [1.807, 2.05) is 20.0 Å². The van der Waals surface area contributed by atoms with Crippen molar-refractivity contribution in [3.05, 3.63) is 77.9 Å². The summed E-state index contributed by atoms with van der Waals surface area (Å²) in [6.45, 7) is 1.38. The second-order valence-corrected chi connectivity index (χ2v) is 8.49. The summed E-state index contributed by atoms with van der Waals surface area (Å²) in [5.41, 5.74) is 0.124. The molecule has 2 unspecified atom stereocenters. The number of hydrogen-bond donors (Lipinski definition) is 2. The number of nitrogens with one attached hydrogen (secondary N) is 2. The Morgan fingerprint density at radius 2 is 1.78 bits per heavy atom. The Bertz CT molecular complexity index is 1250. The second kappa shape index (κ2) is 10.1. The number of rotatable bonds is 9. The van der Waals surface area contributed by atoms with Crippen LogP contribution in [0.4, 0.5) is 4.79 Å². The van der Waals surface area contributed by atoms with Crippen molar-refractivity contribution in [2.24, 2.45) is 7.05 Å². The number of benzene rings is 2. The van der Waals surface area contributed by atoms with Gasteiger partial charge in [0.25, 0.3) is 5.91 Å². The van der Waals surface area contributed by atoms with Gasteiger partial charge in [-0.3, -0.25) is 14.5 Å². The van der Waals surface area contributed by atoms with Crippen LogP contribution in [-0.2, 0) is 22.2 Å². The van der Waals surface area contributed by atoms with Crippen LogP contribution < -0.4 is 20.1 Å². The Morgan fingerprint density at radius 1 is 1.11 bits per heavy atom. The van der Waals surface area contributed by atoms with Crippen molar-refractivity contribution in [1.82, 2.24) is 25.1 Å². The standard InChI is InChI=1S/C26H29N5O5/c1-5-26(18-9-7-6-8-10-18)24(33)31(25(34)29-26)16-21(32)28-22(23-27-11-12-30(23)2)17-13-19(35-3)15-20(14-17)36-4/h6-15,22H,5,16H2,1-4H3,(H,28,32)(H,29,34). The summed E-state index contributed by atoms with van der Waals surface area (Å²) in [5.74, 6) is 0.661. The molecule has 4 rings (SSSR count). The second-order valence-electron chi connectivity index (χ2n) is 8.49. The molecule has 2 heterocycles. The number of aryl methyl sites for hydroxylation is 1. The third kappa shape index (κ3) is 4.49. The van der Waals surface area contributed by atoms with E-state index in [1.165, 1.54) is 14.2 Å². The van der Waals surface area contributed by atoms with E-state index in [4.69, 9.17) is 9.47 Å². The number of amides is 4. The van der Waals surface area contributed by atoms with Crippen molar-refractivity contribution in [2.45, 2.75) is 24.9 Å². The molecule has 1 aromatic heterocycles. The summed E-state index contributed by atoms with van der Waals surface area (Å²) >= 11 is 0. The van der Waals surface area contributed by atoms with Crippen molar-refractivity contribution in [3.63, 3.8) is 0 Å². The number of nitrogens with zero attached hydrogens (tertiary/aromatic N) is 3. The van der Waals surface area contributed by atoms with Gasteiger partial charge in [0.15, 0.2) is 0 Å². The molecule has 1 aliphatic rings. The van der Waals surface area contributed by atoms with Crippen LogP contribution in [0.15, 0.2) is 60.9 Å². The number of urea groups is 1. The fraction of sp³-hybridized carbons (Fsp3) is 0.308. The van der Waals surface area contributed by atoms with Crippen LogP contribution in [0, 0.1) is 0 Å². The predicted octanol–water partition coefficient (Wildman–Crippen LogP) is 2.50. The van der Waals surface area contributed by atoms with E-state index in [2.05, 4.69) is 15.6 Å². The largest absolute Gasteiger partial charge is 0.497 e. The average molecular weight is 492 g/mol. The van der Waals surface area contributed by atoms with Crippen molar-refractivity contribution in [3.8, 4) is 11.5 Å². The molecule has 2 aromatic carbocycles. The summed E-state index contributed by atoms with van der Waals surface area (Å²) in [7, 11) is 4.89. The summed E-state index contributed by atoms with van der Waals surface area (Å²) in [6, 6.07) is 13.0. The monoisotopic (exact) mass is 491 g/mol. The first kappa shape index (κ1) is 24.8. The number of ether oxygens (including phenoxy) is 2. The van der Waals surface area contributed by atoms with Gasteiger partial charge in [-0.1, -0.05) is 37.3 Å². The minimum absolute atomic E-state index is 0.346. The highest BCUT2D eigenvalue weighted by Gasteiger charge is 2.51. The van der Waals surface area contributed by atoms with Crippen LogP contribution in [0.2, 0.25) is 0 Å². The van der Waals surface area contributed by atoms with E-state index in [-0.39, 0.29) is 0 Å². The zero-order chi connectivity index (χ0) is 25.9. The smallest absolute Gasteiger partial charge is 0.325 e. The third-order valence-electron chi connectivity index (χ3n) is 6.40. The predicted molar refractivity (Wildman–Crippen MR) is 131 cm³/mol. The molecule has 0 aliphatic carbocycles. The molecule has 2 N–H and O–H groups in total. The van der Waals surface area contributed by atoms with Gasteiger partial charge < -0.3 is 24.7 Å². The lowest BCUT2D eigenvalue weighted by Gasteiger charge is -2.26. The number of carbonyl (C=O) groups is 3. The molecule has 3 aromatic rings. The van der Waals surface area contributed by atoms with E-state index in [9.17, 15) is 14.4 Å². The third-order valence-corrected chi connectivity index (χ3v) is 6.40. The van der Waals surface area contributed by atoms with Crippen molar-refractivity contribution < 1.29 is 23.9 Å². The minimum atomic E-state index is -1.21. The summed E-state index contributed by atoms with van der Waals surface area (Å²) in [5, 5.41) is 5.72. The molecular formula is C26H29N5O5. The van der Waals surface area contributed by atoms with Crippen molar-refractivity contribution in [2.75, 3.05) is 20.8 Å². The molecule has 1 aliphatic heterocycles. The zero-order valence-corrected chi connectivity index (χ0v) is 20.6. The Balaban J connectivity index is 1.61. The molecule has 10 heteroatoms. The number of imidazole rings is 1. The number of methoxy groups -OCH3 is 2. The van der Waals surface area contributed by atoms with Gasteiger partial charge >= 0.3 is 6.03 Å². The van der Waals surface area contributed by atoms with Crippen molar-refractivity contribution >= 4 is 17.8 Å². The topological polar surface area (TPSA) is 115 Å². The zero-order valence-electron chi connectivity index (χ0n) is 20.6. The van der Waals surface area contributed by atoms with E-state index < -0.39 is 36.0 Å². The number of imide groups is 1. The maximum Gasteiger partial charge on any atom is 0.325 e. The fourth-order valence-electron chi connectivity index (χ4n) is 4.43. The molecule has 1 saturated heterocycles. The summed E-state index contributed by atoms with van der Waals surface area (Å²) in [6.07, 6.45) is 3.73. The minimum Gasteiger partial charge on any atom is -0.497 e. The van der Waals surface area contributed by atoms with Crippen LogP contribution in [0.25, 0.3) is 0 Å². The molecule has 4 amide bonds. The highest BCUT2D eigenvalue weighted by atomic mass is 16.5. The van der Waals surface area contributed by atoms with Crippen LogP contribution in [-0.4, -0.2) is 53.1 Å². The van der Waals surface area contributed by atoms with E-state index in [0.29, 0.717) is 34.9 Å². The highest BCUT2D eigenvalue weighted by Crippen LogP contribution is 2.33. The van der Waals surface area contributed by atoms with Crippen LogP contribution in [0.1, 0.15) is 36.3 Å². The van der Waals surface area contributed by atoms with Gasteiger partial charge in [-0.15, -0.1) is 0 Å². The molecule has 0 radical (unpaired) electrons. The number of carbonyl (C=O) groups excluding carboxylic acids is 3. The van der Waals surface area contributed by atoms with Gasteiger partial charge in [-0.2, -0.15) is 0 Å². The van der Waals surface area contributed by atoms with E-state index in [0.717, 1.165) is 4.90 Å². The van der Waals surface area contributed by atoms with Crippen LogP contribution in [0.3, 0.4) is 0 Å². The van der Waals surface area contributed by atoms with Gasteiger partial charge in [0, 0.05) is 25.5 Å². The quantitative estimate of drug-likeness (QED) is 0.445. The van der Waals surface area contributed by atoms with Gasteiger partial charge in [-0.05, 0) is 29.7 Å². The van der Waals surface area contributed by atoms with E-state index >= 15 is 0 Å². The normalized spacial score (nSPS) is 18.1. The van der Waals surface area contributed by atoms with Crippen LogP contribution in [0.5, 0.6) is 11.5 Å². The lowest BCUT2D eigenvalue weighted by Crippen LogP contribution is -2.45. The SMILES string of the molecule is CCC1(c2ccccc2)NC(=O)N(CC(=O)NC(c2cc(OC)cc(OC)c2)c2nccn2C)C1=O. The van der Waals surface area contributed by atoms with Gasteiger partial charge in [-0.25, -0.2) is 9.78 Å². The molecule has 36 heavy (non-hydrogen) atoms. The maximum atomic E-state index is 13.4. The summed E-state index contributed by atoms with van der Waals surface area (Å²) < 4.78 is 12.6. The Labute approximate surface area is 209 Å². The Kier molecular flexibility index (Phi) is 6.96.